The number of para-hydroxylation sites is 1. The third-order valence-corrected chi connectivity index (χ3v) is 3.60. The number of benzene rings is 1. The smallest absolute Gasteiger partial charge is 0.0670 e. The third kappa shape index (κ3) is 3.65. The van der Waals surface area contributed by atoms with Gasteiger partial charge >= 0.3 is 0 Å². The minimum absolute atomic E-state index is 0.293. The average Bonchev–Trinajstić information content (AvgIpc) is 2.67. The number of pyridine rings is 2. The normalized spacial score (nSPS) is 11.3. The molecule has 0 spiro atoms. The molecule has 0 bridgehead atoms. The molecule has 2 aromatic heterocycles. The van der Waals surface area contributed by atoms with Gasteiger partial charge < -0.3 is 5.32 Å². The molecule has 0 saturated carbocycles. The lowest BCUT2D eigenvalue weighted by molar-refractivity contribution is 1.28. The Kier molecular flexibility index (Phi) is 4.96. The highest BCUT2D eigenvalue weighted by Crippen LogP contribution is 2.29. The van der Waals surface area contributed by atoms with E-state index in [2.05, 4.69) is 21.4 Å². The molecule has 3 aromatic rings. The fourth-order valence-corrected chi connectivity index (χ4v) is 2.47. The molecule has 0 saturated heterocycles. The zero-order valence-electron chi connectivity index (χ0n) is 13.1. The minimum Gasteiger partial charge on any atom is -0.355 e. The van der Waals surface area contributed by atoms with Crippen molar-refractivity contribution in [3.05, 3.63) is 90.5 Å². The highest BCUT2D eigenvalue weighted by atomic mass is 14.9. The Hall–Kier alpha value is -3.45. The number of aromatic nitrogens is 2. The van der Waals surface area contributed by atoms with Crippen LogP contribution >= 0.6 is 0 Å². The van der Waals surface area contributed by atoms with Gasteiger partial charge in [-0.1, -0.05) is 18.2 Å². The number of nitrogens with one attached hydrogen (secondary N) is 1. The summed E-state index contributed by atoms with van der Waals surface area (Å²) in [5.74, 6) is 0. The van der Waals surface area contributed by atoms with E-state index in [1.54, 1.807) is 24.8 Å². The van der Waals surface area contributed by atoms with Crippen molar-refractivity contribution in [2.45, 2.75) is 6.42 Å². The average molecular weight is 312 g/mol. The van der Waals surface area contributed by atoms with E-state index in [1.165, 1.54) is 0 Å². The van der Waals surface area contributed by atoms with Gasteiger partial charge in [0.25, 0.3) is 0 Å². The molecule has 0 radical (unpaired) electrons. The first kappa shape index (κ1) is 15.4. The summed E-state index contributed by atoms with van der Waals surface area (Å²) >= 11 is 0. The molecule has 1 N–H and O–H groups in total. The zero-order valence-corrected chi connectivity index (χ0v) is 13.1. The van der Waals surface area contributed by atoms with Crippen molar-refractivity contribution < 1.29 is 0 Å². The van der Waals surface area contributed by atoms with Gasteiger partial charge in [0, 0.05) is 36.0 Å². The summed E-state index contributed by atoms with van der Waals surface area (Å²) in [5.41, 5.74) is 4.75. The Bertz CT molecular complexity index is 850. The first-order valence-corrected chi connectivity index (χ1v) is 7.61. The van der Waals surface area contributed by atoms with Gasteiger partial charge in [-0.3, -0.25) is 9.97 Å². The van der Waals surface area contributed by atoms with Crippen molar-refractivity contribution in [2.24, 2.45) is 0 Å². The van der Waals surface area contributed by atoms with Crippen LogP contribution in [0.4, 0.5) is 5.69 Å². The molecule has 1 aromatic carbocycles. The maximum atomic E-state index is 9.32. The second kappa shape index (κ2) is 7.70. The first-order chi connectivity index (χ1) is 11.9. The van der Waals surface area contributed by atoms with Crippen LogP contribution in [0.25, 0.3) is 11.3 Å². The first-order valence-electron chi connectivity index (χ1n) is 7.61. The Morgan fingerprint density at radius 1 is 0.833 bits per heavy atom. The maximum absolute atomic E-state index is 9.32. The van der Waals surface area contributed by atoms with Crippen LogP contribution in [0.2, 0.25) is 0 Å². The molecular weight excluding hydrogens is 296 g/mol. The molecule has 24 heavy (non-hydrogen) atoms. The topological polar surface area (TPSA) is 61.6 Å². The van der Waals surface area contributed by atoms with Gasteiger partial charge in [0.15, 0.2) is 0 Å². The largest absolute Gasteiger partial charge is 0.355 e. The van der Waals surface area contributed by atoms with Gasteiger partial charge in [0.2, 0.25) is 0 Å². The summed E-state index contributed by atoms with van der Waals surface area (Å²) < 4.78 is 0. The van der Waals surface area contributed by atoms with Crippen molar-refractivity contribution in [1.82, 2.24) is 9.97 Å². The third-order valence-electron chi connectivity index (χ3n) is 3.60. The highest BCUT2D eigenvalue weighted by molar-refractivity contribution is 5.96. The Balaban J connectivity index is 2.15. The summed E-state index contributed by atoms with van der Waals surface area (Å²) in [4.78, 5) is 8.16. The van der Waals surface area contributed by atoms with Gasteiger partial charge in [-0.25, -0.2) is 0 Å². The van der Waals surface area contributed by atoms with Crippen LogP contribution in [0.3, 0.4) is 0 Å². The van der Waals surface area contributed by atoms with Crippen LogP contribution in [-0.4, -0.2) is 9.97 Å². The molecule has 4 nitrogen and oxygen atoms in total. The number of nitrogens with zero attached hydrogens (tertiary/aromatic N) is 3. The van der Waals surface area contributed by atoms with E-state index in [0.717, 1.165) is 28.1 Å². The Morgan fingerprint density at radius 3 is 2.00 bits per heavy atom. The van der Waals surface area contributed by atoms with Crippen molar-refractivity contribution in [2.75, 3.05) is 5.32 Å². The number of hydrogen-bond donors (Lipinski definition) is 1. The van der Waals surface area contributed by atoms with Gasteiger partial charge in [-0.05, 0) is 47.5 Å². The van der Waals surface area contributed by atoms with E-state index in [0.29, 0.717) is 6.42 Å². The van der Waals surface area contributed by atoms with E-state index < -0.39 is 0 Å². The fourth-order valence-electron chi connectivity index (χ4n) is 2.47. The van der Waals surface area contributed by atoms with Crippen LogP contribution in [0.15, 0.2) is 79.4 Å². The Labute approximate surface area is 141 Å². The zero-order chi connectivity index (χ0) is 16.6. The van der Waals surface area contributed by atoms with E-state index in [-0.39, 0.29) is 0 Å². The maximum Gasteiger partial charge on any atom is 0.0670 e. The lowest BCUT2D eigenvalue weighted by Gasteiger charge is -2.17. The molecule has 0 fully saturated rings. The van der Waals surface area contributed by atoms with Crippen LogP contribution in [-0.2, 0) is 0 Å². The van der Waals surface area contributed by atoms with Crippen molar-refractivity contribution in [1.29, 1.82) is 5.26 Å². The minimum atomic E-state index is 0.293. The predicted molar refractivity (Wildman–Crippen MR) is 95.6 cm³/mol. The second-order valence-electron chi connectivity index (χ2n) is 5.15. The molecule has 0 aliphatic heterocycles. The van der Waals surface area contributed by atoms with Gasteiger partial charge in [0.1, 0.15) is 0 Å². The quantitative estimate of drug-likeness (QED) is 0.760. The molecule has 2 heterocycles. The van der Waals surface area contributed by atoms with Gasteiger partial charge in [-0.15, -0.1) is 0 Å². The fraction of sp³-hybridized carbons (Fsp3) is 0.0500. The summed E-state index contributed by atoms with van der Waals surface area (Å²) in [6, 6.07) is 19.9. The summed E-state index contributed by atoms with van der Waals surface area (Å²) in [7, 11) is 0. The molecule has 0 amide bonds. The lowest BCUT2D eigenvalue weighted by atomic mass is 9.98. The van der Waals surface area contributed by atoms with Gasteiger partial charge in [0.05, 0.1) is 18.2 Å². The molecule has 0 atom stereocenters. The van der Waals surface area contributed by atoms with E-state index in [4.69, 9.17) is 0 Å². The van der Waals surface area contributed by atoms with Crippen LogP contribution in [0.1, 0.15) is 17.5 Å². The molecule has 0 aliphatic rings. The standard InChI is InChI=1S/C20H16N4/c21-11-6-19(16-7-12-22-13-8-16)20(17-9-14-23-15-10-17)24-18-4-2-1-3-5-18/h1-5,7-10,12-15,24H,6H2/b20-19+. The summed E-state index contributed by atoms with van der Waals surface area (Å²) in [6.45, 7) is 0. The summed E-state index contributed by atoms with van der Waals surface area (Å²) in [5, 5.41) is 12.8. The van der Waals surface area contributed by atoms with Crippen molar-refractivity contribution in [3.63, 3.8) is 0 Å². The molecule has 0 unspecified atom stereocenters. The van der Waals surface area contributed by atoms with Crippen LogP contribution in [0, 0.1) is 11.3 Å². The molecule has 0 aliphatic carbocycles. The number of hydrogen-bond acceptors (Lipinski definition) is 4. The lowest BCUT2D eigenvalue weighted by Crippen LogP contribution is -2.03. The molecule has 4 heteroatoms. The predicted octanol–water partition coefficient (Wildman–Crippen LogP) is 4.37. The van der Waals surface area contributed by atoms with Crippen molar-refractivity contribution in [3.8, 4) is 6.07 Å². The Morgan fingerprint density at radius 2 is 1.42 bits per heavy atom. The van der Waals surface area contributed by atoms with E-state index in [1.807, 2.05) is 54.6 Å². The highest BCUT2D eigenvalue weighted by Gasteiger charge is 2.12. The van der Waals surface area contributed by atoms with Crippen LogP contribution in [0.5, 0.6) is 0 Å². The SMILES string of the molecule is N#CC/C(=C(\Nc1ccccc1)c1ccncc1)c1ccncc1. The van der Waals surface area contributed by atoms with E-state index in [9.17, 15) is 5.26 Å². The van der Waals surface area contributed by atoms with E-state index >= 15 is 0 Å². The number of nitriles is 1. The molecular formula is C20H16N4. The van der Waals surface area contributed by atoms with Gasteiger partial charge in [-0.2, -0.15) is 5.26 Å². The van der Waals surface area contributed by atoms with Crippen molar-refractivity contribution >= 4 is 17.0 Å². The number of rotatable bonds is 5. The number of allylic oxidation sites excluding steroid dienone is 1. The second-order valence-corrected chi connectivity index (χ2v) is 5.15. The number of anilines is 1. The van der Waals surface area contributed by atoms with Crippen LogP contribution < -0.4 is 5.32 Å². The summed E-state index contributed by atoms with van der Waals surface area (Å²) in [6.07, 6.45) is 7.26. The molecule has 3 rings (SSSR count). The molecule has 116 valence electrons. The monoisotopic (exact) mass is 312 g/mol.